The first kappa shape index (κ1) is 13.7. The van der Waals surface area contributed by atoms with Gasteiger partial charge in [-0.15, -0.1) is 0 Å². The van der Waals surface area contributed by atoms with Gasteiger partial charge < -0.3 is 10.3 Å². The van der Waals surface area contributed by atoms with Crippen LogP contribution in [0.15, 0.2) is 18.2 Å². The lowest BCUT2D eigenvalue weighted by Crippen LogP contribution is -2.44. The molecule has 2 heterocycles. The normalized spacial score (nSPS) is 18.6. The Labute approximate surface area is 121 Å². The lowest BCUT2D eigenvalue weighted by Gasteiger charge is -2.33. The van der Waals surface area contributed by atoms with Gasteiger partial charge in [-0.2, -0.15) is 0 Å². The molecule has 1 atom stereocenters. The zero-order chi connectivity index (χ0) is 14.1. The first-order valence-electron chi connectivity index (χ1n) is 7.77. The Balaban J connectivity index is 2.04. The number of para-hydroxylation sites is 1. The van der Waals surface area contributed by atoms with Crippen LogP contribution in [0.3, 0.4) is 0 Å². The predicted molar refractivity (Wildman–Crippen MR) is 85.3 cm³/mol. The highest BCUT2D eigenvalue weighted by molar-refractivity contribution is 5.87. The van der Waals surface area contributed by atoms with Gasteiger partial charge in [-0.05, 0) is 31.4 Å². The molecule has 108 valence electrons. The standard InChI is InChI=1S/C17H25N3/c1-4-14-6-5-7-15-16(12(2)19-17(14)15)13(3)20-10-8-18-9-11-20/h5-7,13,18-19H,4,8-11H2,1-3H3. The van der Waals surface area contributed by atoms with Crippen LogP contribution in [0.4, 0.5) is 0 Å². The fraction of sp³-hybridized carbons (Fsp3) is 0.529. The van der Waals surface area contributed by atoms with Gasteiger partial charge in [0.15, 0.2) is 0 Å². The first-order chi connectivity index (χ1) is 9.72. The maximum Gasteiger partial charge on any atom is 0.0491 e. The zero-order valence-electron chi connectivity index (χ0n) is 12.8. The van der Waals surface area contributed by atoms with Gasteiger partial charge in [-0.3, -0.25) is 4.90 Å². The molecule has 1 saturated heterocycles. The van der Waals surface area contributed by atoms with Crippen molar-refractivity contribution < 1.29 is 0 Å². The molecule has 20 heavy (non-hydrogen) atoms. The molecule has 1 aromatic heterocycles. The van der Waals surface area contributed by atoms with Crippen LogP contribution in [0.5, 0.6) is 0 Å². The summed E-state index contributed by atoms with van der Waals surface area (Å²) in [6, 6.07) is 7.18. The second-order valence-corrected chi connectivity index (χ2v) is 5.82. The second kappa shape index (κ2) is 5.58. The number of nitrogens with one attached hydrogen (secondary N) is 2. The number of benzene rings is 1. The number of rotatable bonds is 3. The van der Waals surface area contributed by atoms with Gasteiger partial charge in [0.05, 0.1) is 0 Å². The average molecular weight is 271 g/mol. The quantitative estimate of drug-likeness (QED) is 0.899. The number of fused-ring (bicyclic) bond motifs is 1. The number of nitrogens with zero attached hydrogens (tertiary/aromatic N) is 1. The SMILES string of the molecule is CCc1cccc2c(C(C)N3CCNCC3)c(C)[nH]c12. The molecule has 0 aliphatic carbocycles. The summed E-state index contributed by atoms with van der Waals surface area (Å²) in [5.41, 5.74) is 5.57. The Morgan fingerprint density at radius 3 is 2.70 bits per heavy atom. The molecular formula is C17H25N3. The number of piperazine rings is 1. The molecule has 3 rings (SSSR count). The topological polar surface area (TPSA) is 31.1 Å². The van der Waals surface area contributed by atoms with Crippen LogP contribution < -0.4 is 5.32 Å². The minimum atomic E-state index is 0.484. The van der Waals surface area contributed by atoms with Gasteiger partial charge in [-0.1, -0.05) is 25.1 Å². The number of aromatic amines is 1. The summed E-state index contributed by atoms with van der Waals surface area (Å²) < 4.78 is 0. The summed E-state index contributed by atoms with van der Waals surface area (Å²) in [5, 5.41) is 4.85. The minimum Gasteiger partial charge on any atom is -0.358 e. The molecule has 2 aromatic rings. The Morgan fingerprint density at radius 1 is 1.25 bits per heavy atom. The van der Waals surface area contributed by atoms with Crippen molar-refractivity contribution in [1.82, 2.24) is 15.2 Å². The van der Waals surface area contributed by atoms with E-state index >= 15 is 0 Å². The first-order valence-corrected chi connectivity index (χ1v) is 7.77. The fourth-order valence-electron chi connectivity index (χ4n) is 3.51. The Hall–Kier alpha value is -1.32. The second-order valence-electron chi connectivity index (χ2n) is 5.82. The van der Waals surface area contributed by atoms with Crippen LogP contribution >= 0.6 is 0 Å². The molecule has 2 N–H and O–H groups in total. The summed E-state index contributed by atoms with van der Waals surface area (Å²) in [6.07, 6.45) is 1.08. The monoisotopic (exact) mass is 271 g/mol. The van der Waals surface area contributed by atoms with Crippen molar-refractivity contribution in [2.45, 2.75) is 33.2 Å². The molecule has 0 spiro atoms. The maximum atomic E-state index is 3.62. The van der Waals surface area contributed by atoms with Crippen molar-refractivity contribution in [2.75, 3.05) is 26.2 Å². The van der Waals surface area contributed by atoms with E-state index in [4.69, 9.17) is 0 Å². The van der Waals surface area contributed by atoms with E-state index in [0.717, 1.165) is 32.6 Å². The van der Waals surface area contributed by atoms with Crippen molar-refractivity contribution >= 4 is 10.9 Å². The molecule has 1 aliphatic rings. The molecule has 1 aromatic carbocycles. The minimum absolute atomic E-state index is 0.484. The van der Waals surface area contributed by atoms with Crippen LogP contribution in [0.25, 0.3) is 10.9 Å². The van der Waals surface area contributed by atoms with Crippen molar-refractivity contribution in [3.8, 4) is 0 Å². The van der Waals surface area contributed by atoms with Gasteiger partial charge in [0.2, 0.25) is 0 Å². The molecular weight excluding hydrogens is 246 g/mol. The fourth-order valence-corrected chi connectivity index (χ4v) is 3.51. The van der Waals surface area contributed by atoms with Crippen LogP contribution in [-0.4, -0.2) is 36.1 Å². The van der Waals surface area contributed by atoms with Crippen molar-refractivity contribution in [3.05, 3.63) is 35.0 Å². The molecule has 0 radical (unpaired) electrons. The van der Waals surface area contributed by atoms with E-state index in [1.807, 2.05) is 0 Å². The van der Waals surface area contributed by atoms with Crippen LogP contribution in [0.2, 0.25) is 0 Å². The molecule has 0 amide bonds. The van der Waals surface area contributed by atoms with Crippen LogP contribution in [-0.2, 0) is 6.42 Å². The lowest BCUT2D eigenvalue weighted by molar-refractivity contribution is 0.186. The summed E-state index contributed by atoms with van der Waals surface area (Å²) >= 11 is 0. The maximum absolute atomic E-state index is 3.62. The van der Waals surface area contributed by atoms with Crippen LogP contribution in [0.1, 0.15) is 36.7 Å². The Kier molecular flexibility index (Phi) is 3.81. The largest absolute Gasteiger partial charge is 0.358 e. The van der Waals surface area contributed by atoms with E-state index in [2.05, 4.69) is 54.2 Å². The van der Waals surface area contributed by atoms with Gasteiger partial charge in [0, 0.05) is 48.8 Å². The molecule has 0 bridgehead atoms. The highest BCUT2D eigenvalue weighted by Crippen LogP contribution is 2.32. The third-order valence-corrected chi connectivity index (χ3v) is 4.66. The number of H-pyrrole nitrogens is 1. The summed E-state index contributed by atoms with van der Waals surface area (Å²) in [6.45, 7) is 11.3. The zero-order valence-corrected chi connectivity index (χ0v) is 12.8. The molecule has 1 aliphatic heterocycles. The molecule has 3 heteroatoms. The van der Waals surface area contributed by atoms with Crippen molar-refractivity contribution in [2.24, 2.45) is 0 Å². The molecule has 3 nitrogen and oxygen atoms in total. The van der Waals surface area contributed by atoms with Gasteiger partial charge in [0.1, 0.15) is 0 Å². The predicted octanol–water partition coefficient (Wildman–Crippen LogP) is 3.00. The van der Waals surface area contributed by atoms with Gasteiger partial charge >= 0.3 is 0 Å². The van der Waals surface area contributed by atoms with E-state index in [9.17, 15) is 0 Å². The van der Waals surface area contributed by atoms with Crippen molar-refractivity contribution in [3.63, 3.8) is 0 Å². The number of hydrogen-bond acceptors (Lipinski definition) is 2. The smallest absolute Gasteiger partial charge is 0.0491 e. The molecule has 1 unspecified atom stereocenters. The van der Waals surface area contributed by atoms with Crippen LogP contribution in [0, 0.1) is 6.92 Å². The number of hydrogen-bond donors (Lipinski definition) is 2. The van der Waals surface area contributed by atoms with E-state index in [0.29, 0.717) is 6.04 Å². The highest BCUT2D eigenvalue weighted by atomic mass is 15.2. The molecule has 1 fully saturated rings. The summed E-state index contributed by atoms with van der Waals surface area (Å²) in [5.74, 6) is 0. The van der Waals surface area contributed by atoms with Gasteiger partial charge in [-0.25, -0.2) is 0 Å². The van der Waals surface area contributed by atoms with E-state index in [1.165, 1.54) is 27.7 Å². The van der Waals surface area contributed by atoms with Crippen molar-refractivity contribution in [1.29, 1.82) is 0 Å². The third-order valence-electron chi connectivity index (χ3n) is 4.66. The Bertz CT molecular complexity index is 594. The average Bonchev–Trinajstić information content (AvgIpc) is 2.83. The summed E-state index contributed by atoms with van der Waals surface area (Å²) in [4.78, 5) is 6.21. The molecule has 0 saturated carbocycles. The van der Waals surface area contributed by atoms with E-state index in [-0.39, 0.29) is 0 Å². The van der Waals surface area contributed by atoms with E-state index < -0.39 is 0 Å². The number of aryl methyl sites for hydroxylation is 2. The van der Waals surface area contributed by atoms with E-state index in [1.54, 1.807) is 0 Å². The third kappa shape index (κ3) is 2.25. The van der Waals surface area contributed by atoms with Gasteiger partial charge in [0.25, 0.3) is 0 Å². The highest BCUT2D eigenvalue weighted by Gasteiger charge is 2.22. The number of aromatic nitrogens is 1. The Morgan fingerprint density at radius 2 is 2.00 bits per heavy atom. The lowest BCUT2D eigenvalue weighted by atomic mass is 10.0. The summed E-state index contributed by atoms with van der Waals surface area (Å²) in [7, 11) is 0.